The molecule has 23 heavy (non-hydrogen) atoms. The van der Waals surface area contributed by atoms with Crippen LogP contribution in [0.5, 0.6) is 0 Å². The number of halogens is 1. The number of rotatable bonds is 3. The minimum absolute atomic E-state index is 0. The van der Waals surface area contributed by atoms with Gasteiger partial charge < -0.3 is 15.0 Å². The number of nitrogens with one attached hydrogen (secondary N) is 1. The molecule has 0 spiro atoms. The lowest BCUT2D eigenvalue weighted by Crippen LogP contribution is -2.50. The number of amides is 1. The summed E-state index contributed by atoms with van der Waals surface area (Å²) in [5, 5.41) is 7.96. The number of hydrogen-bond donors (Lipinski definition) is 1. The number of ether oxygens (including phenoxy) is 1. The minimum Gasteiger partial charge on any atom is -0.377 e. The molecule has 1 amide bonds. The fourth-order valence-corrected chi connectivity index (χ4v) is 3.61. The lowest BCUT2D eigenvalue weighted by atomic mass is 10.1. The Morgan fingerprint density at radius 2 is 2.22 bits per heavy atom. The monoisotopic (exact) mass is 340 g/mol. The van der Waals surface area contributed by atoms with Crippen LogP contribution in [-0.4, -0.2) is 59.5 Å². The van der Waals surface area contributed by atoms with Gasteiger partial charge in [0.25, 0.3) is 5.91 Å². The largest absolute Gasteiger partial charge is 0.377 e. The zero-order valence-corrected chi connectivity index (χ0v) is 14.1. The molecule has 1 aromatic rings. The molecule has 3 fully saturated rings. The molecule has 1 aliphatic carbocycles. The van der Waals surface area contributed by atoms with Crippen LogP contribution in [0.4, 0.5) is 0 Å². The Hall–Kier alpha value is -1.11. The van der Waals surface area contributed by atoms with Crippen molar-refractivity contribution in [2.24, 2.45) is 5.92 Å². The van der Waals surface area contributed by atoms with Gasteiger partial charge in [0.2, 0.25) is 0 Å². The van der Waals surface area contributed by atoms with Gasteiger partial charge >= 0.3 is 0 Å². The summed E-state index contributed by atoms with van der Waals surface area (Å²) in [6, 6.07) is 2.50. The van der Waals surface area contributed by atoms with Crippen LogP contribution in [0.15, 0.2) is 12.3 Å². The third-order valence-corrected chi connectivity index (χ3v) is 5.06. The number of aromatic nitrogens is 2. The second-order valence-corrected chi connectivity index (χ2v) is 6.66. The molecule has 2 unspecified atom stereocenters. The molecule has 0 aromatic carbocycles. The summed E-state index contributed by atoms with van der Waals surface area (Å²) in [5.41, 5.74) is 0.582. The van der Waals surface area contributed by atoms with E-state index in [1.54, 1.807) is 0 Å². The van der Waals surface area contributed by atoms with Crippen molar-refractivity contribution in [3.8, 4) is 0 Å². The highest BCUT2D eigenvalue weighted by atomic mass is 35.5. The maximum Gasteiger partial charge on any atom is 0.274 e. The molecule has 1 N–H and O–H groups in total. The van der Waals surface area contributed by atoms with Crippen molar-refractivity contribution in [1.82, 2.24) is 20.0 Å². The topological polar surface area (TPSA) is 59.4 Å². The van der Waals surface area contributed by atoms with E-state index in [4.69, 9.17) is 4.74 Å². The summed E-state index contributed by atoms with van der Waals surface area (Å²) in [4.78, 5) is 14.8. The number of nitrogens with zero attached hydrogens (tertiary/aromatic N) is 3. The standard InChI is InChI=1S/C16H24N4O2.ClH/c21-16(19-8-9-22-11-15(19)12-3-4-12)14-5-7-20(18-14)13-2-1-6-17-10-13;/h5,7,12-13,15,17H,1-4,6,8-11H2;1H. The molecule has 0 radical (unpaired) electrons. The number of carbonyl (C=O) groups excluding carboxylic acids is 1. The number of morpholine rings is 1. The van der Waals surface area contributed by atoms with Crippen LogP contribution in [0.1, 0.15) is 42.2 Å². The number of hydrogen-bond acceptors (Lipinski definition) is 4. The van der Waals surface area contributed by atoms with Crippen LogP contribution < -0.4 is 5.32 Å². The van der Waals surface area contributed by atoms with Crippen LogP contribution in [0.2, 0.25) is 0 Å². The first-order chi connectivity index (χ1) is 10.8. The smallest absolute Gasteiger partial charge is 0.274 e. The molecule has 3 aliphatic rings. The third-order valence-electron chi connectivity index (χ3n) is 5.06. The highest BCUT2D eigenvalue weighted by molar-refractivity contribution is 5.92. The predicted octanol–water partition coefficient (Wildman–Crippen LogP) is 1.48. The molecule has 7 heteroatoms. The summed E-state index contributed by atoms with van der Waals surface area (Å²) in [5.74, 6) is 0.705. The molecular formula is C16H25ClN4O2. The van der Waals surface area contributed by atoms with Crippen LogP contribution in [0.25, 0.3) is 0 Å². The molecule has 1 aromatic heterocycles. The Kier molecular flexibility index (Phi) is 5.24. The molecule has 0 bridgehead atoms. The van der Waals surface area contributed by atoms with Gasteiger partial charge in [-0.2, -0.15) is 5.10 Å². The minimum atomic E-state index is 0. The van der Waals surface area contributed by atoms with E-state index in [1.165, 1.54) is 19.3 Å². The molecule has 4 rings (SSSR count). The van der Waals surface area contributed by atoms with Crippen molar-refractivity contribution < 1.29 is 9.53 Å². The van der Waals surface area contributed by atoms with E-state index in [-0.39, 0.29) is 24.4 Å². The molecule has 2 atom stereocenters. The van der Waals surface area contributed by atoms with Crippen LogP contribution in [0.3, 0.4) is 0 Å². The van der Waals surface area contributed by atoms with Gasteiger partial charge in [0.1, 0.15) is 5.69 Å². The number of carbonyl (C=O) groups is 1. The van der Waals surface area contributed by atoms with Gasteiger partial charge in [0, 0.05) is 19.3 Å². The van der Waals surface area contributed by atoms with Gasteiger partial charge in [-0.05, 0) is 44.2 Å². The normalized spacial score (nSPS) is 28.3. The molecule has 6 nitrogen and oxygen atoms in total. The Labute approximate surface area is 143 Å². The average molecular weight is 341 g/mol. The zero-order chi connectivity index (χ0) is 14.9. The first-order valence-electron chi connectivity index (χ1n) is 8.47. The SMILES string of the molecule is Cl.O=C(c1ccn(C2CCCNC2)n1)N1CCOCC1C1CC1. The van der Waals surface area contributed by atoms with Crippen LogP contribution in [0, 0.1) is 5.92 Å². The lowest BCUT2D eigenvalue weighted by molar-refractivity contribution is -0.00869. The first-order valence-corrected chi connectivity index (χ1v) is 8.47. The molecular weight excluding hydrogens is 316 g/mol. The van der Waals surface area contributed by atoms with Crippen LogP contribution >= 0.6 is 12.4 Å². The quantitative estimate of drug-likeness (QED) is 0.905. The maximum atomic E-state index is 12.8. The Bertz CT molecular complexity index is 540. The summed E-state index contributed by atoms with van der Waals surface area (Å²) < 4.78 is 7.54. The molecule has 128 valence electrons. The summed E-state index contributed by atoms with van der Waals surface area (Å²) in [6.45, 7) is 4.04. The predicted molar refractivity (Wildman–Crippen MR) is 89.0 cm³/mol. The fraction of sp³-hybridized carbons (Fsp3) is 0.750. The Morgan fingerprint density at radius 1 is 1.35 bits per heavy atom. The summed E-state index contributed by atoms with van der Waals surface area (Å²) in [7, 11) is 0. The summed E-state index contributed by atoms with van der Waals surface area (Å²) in [6.07, 6.45) is 6.70. The molecule has 2 saturated heterocycles. The van der Waals surface area contributed by atoms with E-state index in [0.29, 0.717) is 37.4 Å². The van der Waals surface area contributed by atoms with E-state index in [9.17, 15) is 4.79 Å². The van der Waals surface area contributed by atoms with E-state index < -0.39 is 0 Å². The van der Waals surface area contributed by atoms with Crippen molar-refractivity contribution in [3.63, 3.8) is 0 Å². The Morgan fingerprint density at radius 3 is 2.96 bits per heavy atom. The highest BCUT2D eigenvalue weighted by Crippen LogP contribution is 2.37. The van der Waals surface area contributed by atoms with Crippen molar-refractivity contribution in [1.29, 1.82) is 0 Å². The van der Waals surface area contributed by atoms with Gasteiger partial charge in [-0.1, -0.05) is 0 Å². The van der Waals surface area contributed by atoms with E-state index in [1.807, 2.05) is 21.8 Å². The zero-order valence-electron chi connectivity index (χ0n) is 13.3. The lowest BCUT2D eigenvalue weighted by Gasteiger charge is -2.35. The van der Waals surface area contributed by atoms with Crippen molar-refractivity contribution in [2.75, 3.05) is 32.8 Å². The van der Waals surface area contributed by atoms with E-state index in [0.717, 1.165) is 19.5 Å². The van der Waals surface area contributed by atoms with Gasteiger partial charge in [-0.25, -0.2) is 0 Å². The van der Waals surface area contributed by atoms with E-state index >= 15 is 0 Å². The molecule has 2 aliphatic heterocycles. The molecule has 1 saturated carbocycles. The highest BCUT2D eigenvalue weighted by Gasteiger charge is 2.40. The number of piperidine rings is 1. The van der Waals surface area contributed by atoms with Crippen molar-refractivity contribution in [2.45, 2.75) is 37.8 Å². The van der Waals surface area contributed by atoms with Crippen molar-refractivity contribution >= 4 is 18.3 Å². The van der Waals surface area contributed by atoms with Gasteiger partial charge in [0.15, 0.2) is 0 Å². The average Bonchev–Trinajstić information content (AvgIpc) is 3.31. The fourth-order valence-electron chi connectivity index (χ4n) is 3.61. The van der Waals surface area contributed by atoms with Gasteiger partial charge in [-0.15, -0.1) is 12.4 Å². The second-order valence-electron chi connectivity index (χ2n) is 6.66. The van der Waals surface area contributed by atoms with Gasteiger partial charge in [0.05, 0.1) is 25.3 Å². The Balaban J connectivity index is 0.00000156. The molecule has 3 heterocycles. The maximum absolute atomic E-state index is 12.8. The first kappa shape index (κ1) is 16.7. The third kappa shape index (κ3) is 3.54. The van der Waals surface area contributed by atoms with Gasteiger partial charge in [-0.3, -0.25) is 9.48 Å². The summed E-state index contributed by atoms with van der Waals surface area (Å²) >= 11 is 0. The van der Waals surface area contributed by atoms with Crippen molar-refractivity contribution in [3.05, 3.63) is 18.0 Å². The van der Waals surface area contributed by atoms with E-state index in [2.05, 4.69) is 10.4 Å². The van der Waals surface area contributed by atoms with Crippen LogP contribution in [-0.2, 0) is 4.74 Å². The second kappa shape index (κ2) is 7.20.